The summed E-state index contributed by atoms with van der Waals surface area (Å²) in [4.78, 5) is 24.5. The van der Waals surface area contributed by atoms with Crippen molar-refractivity contribution in [3.63, 3.8) is 0 Å². The van der Waals surface area contributed by atoms with E-state index in [1.54, 1.807) is 24.3 Å². The average molecular weight is 391 g/mol. The molecule has 0 aliphatic heterocycles. The van der Waals surface area contributed by atoms with E-state index in [2.05, 4.69) is 13.8 Å². The molecular formula is C24H38O4. The third-order valence-electron chi connectivity index (χ3n) is 4.90. The van der Waals surface area contributed by atoms with Crippen LogP contribution in [0.5, 0.6) is 0 Å². The second kappa shape index (κ2) is 15.1. The molecule has 1 aromatic rings. The molecule has 1 atom stereocenters. The van der Waals surface area contributed by atoms with E-state index in [-0.39, 0.29) is 18.0 Å². The summed E-state index contributed by atoms with van der Waals surface area (Å²) in [5.74, 6) is -0.754. The van der Waals surface area contributed by atoms with Gasteiger partial charge in [-0.3, -0.25) is 0 Å². The minimum absolute atomic E-state index is 0.0740. The summed E-state index contributed by atoms with van der Waals surface area (Å²) in [7, 11) is 0. The predicted octanol–water partition coefficient (Wildman–Crippen LogP) is 6.72. The molecule has 4 nitrogen and oxygen atoms in total. The number of carbonyl (C=O) groups excluding carboxylic acids is 2. The molecule has 4 heteroatoms. The topological polar surface area (TPSA) is 52.6 Å². The van der Waals surface area contributed by atoms with E-state index in [1.807, 2.05) is 6.92 Å². The molecule has 0 radical (unpaired) electrons. The monoisotopic (exact) mass is 390 g/mol. The fourth-order valence-corrected chi connectivity index (χ4v) is 3.15. The standard InChI is InChI=1S/C24H38O4/c1-4-7-8-9-10-11-12-13-18-27-23(25)20-16-14-17-21(19-20)24(26)28-22(6-3)15-5-2/h14,16-17,19,22H,4-13,15,18H2,1-3H3. The maximum Gasteiger partial charge on any atom is 0.338 e. The van der Waals surface area contributed by atoms with Gasteiger partial charge in [-0.2, -0.15) is 0 Å². The highest BCUT2D eigenvalue weighted by Gasteiger charge is 2.16. The predicted molar refractivity (Wildman–Crippen MR) is 114 cm³/mol. The van der Waals surface area contributed by atoms with Gasteiger partial charge in [0.2, 0.25) is 0 Å². The Morgan fingerprint density at radius 2 is 1.43 bits per heavy atom. The van der Waals surface area contributed by atoms with Gasteiger partial charge in [-0.1, -0.05) is 78.2 Å². The second-order valence-electron chi connectivity index (χ2n) is 7.42. The Labute approximate surface area is 171 Å². The lowest BCUT2D eigenvalue weighted by Crippen LogP contribution is -2.18. The van der Waals surface area contributed by atoms with Gasteiger partial charge >= 0.3 is 11.9 Å². The number of unbranched alkanes of at least 4 members (excludes halogenated alkanes) is 7. The SMILES string of the molecule is CCCCCCCCCCOC(=O)c1cccc(C(=O)OC(CC)CCC)c1. The third-order valence-corrected chi connectivity index (χ3v) is 4.90. The Morgan fingerprint density at radius 1 is 0.821 bits per heavy atom. The number of hydrogen-bond donors (Lipinski definition) is 0. The van der Waals surface area contributed by atoms with E-state index in [0.29, 0.717) is 17.7 Å². The van der Waals surface area contributed by atoms with Crippen molar-refractivity contribution in [2.45, 2.75) is 97.5 Å². The van der Waals surface area contributed by atoms with Gasteiger partial charge < -0.3 is 9.47 Å². The van der Waals surface area contributed by atoms with Crippen molar-refractivity contribution in [1.29, 1.82) is 0 Å². The van der Waals surface area contributed by atoms with Crippen LogP contribution in [0.3, 0.4) is 0 Å². The van der Waals surface area contributed by atoms with Gasteiger partial charge in [0.15, 0.2) is 0 Å². The third kappa shape index (κ3) is 9.91. The molecule has 28 heavy (non-hydrogen) atoms. The smallest absolute Gasteiger partial charge is 0.338 e. The van der Waals surface area contributed by atoms with E-state index in [1.165, 1.54) is 38.5 Å². The normalized spacial score (nSPS) is 11.8. The van der Waals surface area contributed by atoms with Crippen molar-refractivity contribution in [3.05, 3.63) is 35.4 Å². The first-order valence-electron chi connectivity index (χ1n) is 11.1. The van der Waals surface area contributed by atoms with Gasteiger partial charge in [-0.25, -0.2) is 9.59 Å². The highest BCUT2D eigenvalue weighted by atomic mass is 16.5. The Kier molecular flexibility index (Phi) is 13.1. The minimum atomic E-state index is -0.377. The molecule has 0 fully saturated rings. The maximum atomic E-state index is 12.3. The Morgan fingerprint density at radius 3 is 2.04 bits per heavy atom. The summed E-state index contributed by atoms with van der Waals surface area (Å²) in [5.41, 5.74) is 0.800. The number of rotatable bonds is 15. The van der Waals surface area contributed by atoms with Crippen LogP contribution in [-0.2, 0) is 9.47 Å². The van der Waals surface area contributed by atoms with Gasteiger partial charge in [0.05, 0.1) is 17.7 Å². The summed E-state index contributed by atoms with van der Waals surface area (Å²) >= 11 is 0. The molecule has 0 saturated heterocycles. The fourth-order valence-electron chi connectivity index (χ4n) is 3.15. The zero-order valence-corrected chi connectivity index (χ0v) is 18.0. The Hall–Kier alpha value is -1.84. The minimum Gasteiger partial charge on any atom is -0.462 e. The molecule has 0 spiro atoms. The van der Waals surface area contributed by atoms with E-state index in [9.17, 15) is 9.59 Å². The van der Waals surface area contributed by atoms with Crippen LogP contribution in [0.1, 0.15) is 112 Å². The lowest BCUT2D eigenvalue weighted by molar-refractivity contribution is 0.0271. The van der Waals surface area contributed by atoms with Crippen LogP contribution in [-0.4, -0.2) is 24.6 Å². The van der Waals surface area contributed by atoms with Crippen molar-refractivity contribution in [3.8, 4) is 0 Å². The zero-order valence-electron chi connectivity index (χ0n) is 18.0. The summed E-state index contributed by atoms with van der Waals surface area (Å²) in [5, 5.41) is 0. The van der Waals surface area contributed by atoms with Gasteiger partial charge in [0.25, 0.3) is 0 Å². The molecule has 0 amide bonds. The van der Waals surface area contributed by atoms with Crippen molar-refractivity contribution in [2.75, 3.05) is 6.61 Å². The largest absolute Gasteiger partial charge is 0.462 e. The second-order valence-corrected chi connectivity index (χ2v) is 7.42. The average Bonchev–Trinajstić information content (AvgIpc) is 2.72. The molecular weight excluding hydrogens is 352 g/mol. The van der Waals surface area contributed by atoms with Gasteiger partial charge in [0, 0.05) is 0 Å². The first kappa shape index (κ1) is 24.2. The van der Waals surface area contributed by atoms with E-state index in [0.717, 1.165) is 32.1 Å². The maximum absolute atomic E-state index is 12.3. The van der Waals surface area contributed by atoms with Crippen molar-refractivity contribution < 1.29 is 19.1 Å². The van der Waals surface area contributed by atoms with Crippen LogP contribution >= 0.6 is 0 Å². The number of esters is 2. The molecule has 0 aromatic heterocycles. The number of benzene rings is 1. The van der Waals surface area contributed by atoms with E-state index < -0.39 is 0 Å². The molecule has 1 unspecified atom stereocenters. The molecule has 0 heterocycles. The van der Waals surface area contributed by atoms with E-state index >= 15 is 0 Å². The summed E-state index contributed by atoms with van der Waals surface area (Å²) in [6, 6.07) is 6.62. The summed E-state index contributed by atoms with van der Waals surface area (Å²) in [6.45, 7) is 6.73. The fraction of sp³-hybridized carbons (Fsp3) is 0.667. The molecule has 0 aliphatic carbocycles. The summed E-state index contributed by atoms with van der Waals surface area (Å²) in [6.07, 6.45) is 12.2. The summed E-state index contributed by atoms with van der Waals surface area (Å²) < 4.78 is 10.9. The van der Waals surface area contributed by atoms with Crippen molar-refractivity contribution in [1.82, 2.24) is 0 Å². The quantitative estimate of drug-likeness (QED) is 0.246. The molecule has 1 rings (SSSR count). The lowest BCUT2D eigenvalue weighted by atomic mass is 10.1. The zero-order chi connectivity index (χ0) is 20.6. The van der Waals surface area contributed by atoms with Gasteiger partial charge in [-0.15, -0.1) is 0 Å². The Balaban J connectivity index is 2.36. The number of ether oxygens (including phenoxy) is 2. The number of carbonyl (C=O) groups is 2. The molecule has 0 bridgehead atoms. The molecule has 0 N–H and O–H groups in total. The first-order chi connectivity index (χ1) is 13.6. The van der Waals surface area contributed by atoms with Crippen LogP contribution in [0.2, 0.25) is 0 Å². The molecule has 0 aliphatic rings. The highest BCUT2D eigenvalue weighted by molar-refractivity contribution is 5.95. The van der Waals surface area contributed by atoms with Crippen LogP contribution in [0.15, 0.2) is 24.3 Å². The van der Waals surface area contributed by atoms with Crippen LogP contribution < -0.4 is 0 Å². The molecule has 158 valence electrons. The van der Waals surface area contributed by atoms with E-state index in [4.69, 9.17) is 9.47 Å². The van der Waals surface area contributed by atoms with Crippen LogP contribution in [0.25, 0.3) is 0 Å². The molecule has 1 aromatic carbocycles. The van der Waals surface area contributed by atoms with Crippen LogP contribution in [0.4, 0.5) is 0 Å². The highest BCUT2D eigenvalue weighted by Crippen LogP contribution is 2.14. The van der Waals surface area contributed by atoms with Crippen molar-refractivity contribution >= 4 is 11.9 Å². The first-order valence-corrected chi connectivity index (χ1v) is 11.1. The van der Waals surface area contributed by atoms with Crippen molar-refractivity contribution in [2.24, 2.45) is 0 Å². The van der Waals surface area contributed by atoms with Gasteiger partial charge in [0.1, 0.15) is 6.10 Å². The van der Waals surface area contributed by atoms with Gasteiger partial charge in [-0.05, 0) is 37.5 Å². The lowest BCUT2D eigenvalue weighted by Gasteiger charge is -2.15. The number of hydrogen-bond acceptors (Lipinski definition) is 4. The van der Waals surface area contributed by atoms with Crippen LogP contribution in [0, 0.1) is 0 Å². The molecule has 0 saturated carbocycles. The Bertz CT molecular complexity index is 567.